The standard InChI is InChI=1S/C16H26ClNS/c1-11(2)9-18-10-14-7-6-8-15(17)16(14)19-13(5)12(3)4/h6-8,11-13,18H,9-10H2,1-5H3. The van der Waals surface area contributed by atoms with Crippen LogP contribution in [-0.2, 0) is 6.54 Å². The van der Waals surface area contributed by atoms with E-state index in [0.717, 1.165) is 18.1 Å². The Morgan fingerprint density at radius 3 is 2.42 bits per heavy atom. The molecule has 0 saturated carbocycles. The summed E-state index contributed by atoms with van der Waals surface area (Å²) in [6, 6.07) is 6.20. The lowest BCUT2D eigenvalue weighted by Gasteiger charge is -2.19. The number of benzene rings is 1. The second-order valence-corrected chi connectivity index (χ2v) is 7.61. The van der Waals surface area contributed by atoms with Gasteiger partial charge in [0.25, 0.3) is 0 Å². The minimum Gasteiger partial charge on any atom is -0.312 e. The third-order valence-electron chi connectivity index (χ3n) is 3.16. The first-order valence-electron chi connectivity index (χ1n) is 7.06. The Morgan fingerprint density at radius 1 is 1.16 bits per heavy atom. The van der Waals surface area contributed by atoms with Crippen molar-refractivity contribution >= 4 is 23.4 Å². The molecule has 0 radical (unpaired) electrons. The van der Waals surface area contributed by atoms with Crippen molar-refractivity contribution in [1.82, 2.24) is 5.32 Å². The molecule has 0 heterocycles. The second kappa shape index (κ2) is 8.18. The first-order chi connectivity index (χ1) is 8.91. The third kappa shape index (κ3) is 5.76. The minimum absolute atomic E-state index is 0.573. The fourth-order valence-electron chi connectivity index (χ4n) is 1.64. The highest BCUT2D eigenvalue weighted by Gasteiger charge is 2.14. The first-order valence-corrected chi connectivity index (χ1v) is 8.32. The molecule has 0 aliphatic carbocycles. The molecule has 0 aliphatic rings. The zero-order chi connectivity index (χ0) is 14.4. The zero-order valence-corrected chi connectivity index (χ0v) is 14.2. The van der Waals surface area contributed by atoms with Crippen LogP contribution in [0.15, 0.2) is 23.1 Å². The van der Waals surface area contributed by atoms with Gasteiger partial charge in [-0.05, 0) is 30.0 Å². The monoisotopic (exact) mass is 299 g/mol. The van der Waals surface area contributed by atoms with Gasteiger partial charge in [0.2, 0.25) is 0 Å². The van der Waals surface area contributed by atoms with Gasteiger partial charge in [-0.1, -0.05) is 58.4 Å². The summed E-state index contributed by atoms with van der Waals surface area (Å²) in [5.74, 6) is 1.32. The number of nitrogens with one attached hydrogen (secondary N) is 1. The van der Waals surface area contributed by atoms with Crippen molar-refractivity contribution in [3.8, 4) is 0 Å². The van der Waals surface area contributed by atoms with E-state index in [-0.39, 0.29) is 0 Å². The normalized spacial score (nSPS) is 13.3. The molecule has 19 heavy (non-hydrogen) atoms. The van der Waals surface area contributed by atoms with Crippen LogP contribution in [0.3, 0.4) is 0 Å². The molecular weight excluding hydrogens is 274 g/mol. The van der Waals surface area contributed by atoms with Gasteiger partial charge in [-0.25, -0.2) is 0 Å². The summed E-state index contributed by atoms with van der Waals surface area (Å²) in [4.78, 5) is 1.24. The van der Waals surface area contributed by atoms with Crippen LogP contribution in [0.1, 0.15) is 40.2 Å². The molecular formula is C16H26ClNS. The third-order valence-corrected chi connectivity index (χ3v) is 5.22. The Bertz CT molecular complexity index is 390. The highest BCUT2D eigenvalue weighted by atomic mass is 35.5. The van der Waals surface area contributed by atoms with Crippen LogP contribution in [0, 0.1) is 11.8 Å². The molecule has 0 spiro atoms. The fourth-order valence-corrected chi connectivity index (χ4v) is 3.09. The summed E-state index contributed by atoms with van der Waals surface area (Å²) in [6.07, 6.45) is 0. The summed E-state index contributed by atoms with van der Waals surface area (Å²) in [5, 5.41) is 4.95. The van der Waals surface area contributed by atoms with Crippen molar-refractivity contribution in [3.63, 3.8) is 0 Å². The maximum Gasteiger partial charge on any atom is 0.0545 e. The van der Waals surface area contributed by atoms with Crippen molar-refractivity contribution in [2.45, 2.75) is 51.3 Å². The predicted octanol–water partition coefficient (Wildman–Crippen LogP) is 5.22. The molecule has 0 aromatic heterocycles. The Kier molecular flexibility index (Phi) is 7.27. The van der Waals surface area contributed by atoms with E-state index in [1.807, 2.05) is 23.9 Å². The van der Waals surface area contributed by atoms with E-state index < -0.39 is 0 Å². The van der Waals surface area contributed by atoms with Crippen molar-refractivity contribution in [2.24, 2.45) is 11.8 Å². The van der Waals surface area contributed by atoms with Gasteiger partial charge in [-0.15, -0.1) is 11.8 Å². The van der Waals surface area contributed by atoms with E-state index >= 15 is 0 Å². The molecule has 1 N–H and O–H groups in total. The molecule has 0 saturated heterocycles. The quantitative estimate of drug-likeness (QED) is 0.693. The molecule has 1 atom stereocenters. The highest BCUT2D eigenvalue weighted by molar-refractivity contribution is 8.00. The van der Waals surface area contributed by atoms with Crippen LogP contribution in [0.5, 0.6) is 0 Å². The Balaban J connectivity index is 2.77. The Labute approximate surface area is 127 Å². The van der Waals surface area contributed by atoms with Gasteiger partial charge in [0, 0.05) is 16.7 Å². The summed E-state index contributed by atoms with van der Waals surface area (Å²) >= 11 is 8.26. The van der Waals surface area contributed by atoms with Gasteiger partial charge in [0.05, 0.1) is 5.02 Å². The van der Waals surface area contributed by atoms with Gasteiger partial charge in [0.15, 0.2) is 0 Å². The summed E-state index contributed by atoms with van der Waals surface area (Å²) in [6.45, 7) is 13.2. The molecule has 0 aliphatic heterocycles. The number of hydrogen-bond donors (Lipinski definition) is 1. The van der Waals surface area contributed by atoms with Crippen LogP contribution >= 0.6 is 23.4 Å². The van der Waals surface area contributed by atoms with Crippen molar-refractivity contribution in [2.75, 3.05) is 6.54 Å². The lowest BCUT2D eigenvalue weighted by Crippen LogP contribution is -2.19. The fraction of sp³-hybridized carbons (Fsp3) is 0.625. The van der Waals surface area contributed by atoms with Gasteiger partial charge in [0.1, 0.15) is 0 Å². The van der Waals surface area contributed by atoms with Gasteiger partial charge >= 0.3 is 0 Å². The molecule has 0 amide bonds. The number of thioether (sulfide) groups is 1. The smallest absolute Gasteiger partial charge is 0.0545 e. The van der Waals surface area contributed by atoms with Crippen LogP contribution in [0.2, 0.25) is 5.02 Å². The second-order valence-electron chi connectivity index (χ2n) is 5.82. The lowest BCUT2D eigenvalue weighted by molar-refractivity contribution is 0.550. The van der Waals surface area contributed by atoms with Crippen molar-refractivity contribution in [1.29, 1.82) is 0 Å². The number of hydrogen-bond acceptors (Lipinski definition) is 2. The van der Waals surface area contributed by atoms with E-state index in [2.05, 4.69) is 46.0 Å². The van der Waals surface area contributed by atoms with Crippen LogP contribution in [0.25, 0.3) is 0 Å². The minimum atomic E-state index is 0.573. The van der Waals surface area contributed by atoms with E-state index in [1.165, 1.54) is 10.5 Å². The maximum atomic E-state index is 6.37. The Morgan fingerprint density at radius 2 is 1.84 bits per heavy atom. The number of rotatable bonds is 7. The lowest BCUT2D eigenvalue weighted by atomic mass is 10.1. The molecule has 0 fully saturated rings. The zero-order valence-electron chi connectivity index (χ0n) is 12.7. The van der Waals surface area contributed by atoms with Gasteiger partial charge < -0.3 is 5.32 Å². The van der Waals surface area contributed by atoms with Gasteiger partial charge in [-0.3, -0.25) is 0 Å². The molecule has 1 aromatic rings. The van der Waals surface area contributed by atoms with E-state index in [0.29, 0.717) is 17.1 Å². The Hall–Kier alpha value is -0.180. The van der Waals surface area contributed by atoms with Crippen LogP contribution in [-0.4, -0.2) is 11.8 Å². The molecule has 1 unspecified atom stereocenters. The number of halogens is 1. The van der Waals surface area contributed by atoms with E-state index in [9.17, 15) is 0 Å². The molecule has 1 rings (SSSR count). The molecule has 1 aromatic carbocycles. The predicted molar refractivity (Wildman–Crippen MR) is 88.2 cm³/mol. The van der Waals surface area contributed by atoms with E-state index in [1.54, 1.807) is 0 Å². The maximum absolute atomic E-state index is 6.37. The van der Waals surface area contributed by atoms with Crippen molar-refractivity contribution in [3.05, 3.63) is 28.8 Å². The summed E-state index contributed by atoms with van der Waals surface area (Å²) in [5.41, 5.74) is 1.31. The highest BCUT2D eigenvalue weighted by Crippen LogP contribution is 2.35. The topological polar surface area (TPSA) is 12.0 Å². The van der Waals surface area contributed by atoms with Crippen molar-refractivity contribution < 1.29 is 0 Å². The summed E-state index contributed by atoms with van der Waals surface area (Å²) < 4.78 is 0. The molecule has 1 nitrogen and oxygen atoms in total. The van der Waals surface area contributed by atoms with E-state index in [4.69, 9.17) is 11.6 Å². The van der Waals surface area contributed by atoms with Gasteiger partial charge in [-0.2, -0.15) is 0 Å². The summed E-state index contributed by atoms with van der Waals surface area (Å²) in [7, 11) is 0. The molecule has 108 valence electrons. The SMILES string of the molecule is CC(C)CNCc1cccc(Cl)c1SC(C)C(C)C. The van der Waals surface area contributed by atoms with Crippen LogP contribution < -0.4 is 5.32 Å². The average Bonchev–Trinajstić information content (AvgIpc) is 2.32. The first kappa shape index (κ1) is 16.9. The molecule has 3 heteroatoms. The molecule has 0 bridgehead atoms. The average molecular weight is 300 g/mol. The van der Waals surface area contributed by atoms with Crippen LogP contribution in [0.4, 0.5) is 0 Å². The largest absolute Gasteiger partial charge is 0.312 e.